The Morgan fingerprint density at radius 1 is 1.33 bits per heavy atom. The van der Waals surface area contributed by atoms with Crippen LogP contribution in [-0.2, 0) is 16.4 Å². The minimum absolute atomic E-state index is 0.162. The Balaban J connectivity index is 2.19. The fourth-order valence-corrected chi connectivity index (χ4v) is 3.78. The molecule has 0 saturated carbocycles. The van der Waals surface area contributed by atoms with Gasteiger partial charge in [0, 0.05) is 13.1 Å². The zero-order valence-corrected chi connectivity index (χ0v) is 11.5. The third-order valence-corrected chi connectivity index (χ3v) is 4.96. The van der Waals surface area contributed by atoms with E-state index in [-0.39, 0.29) is 5.75 Å². The number of hydrogen-bond donors (Lipinski definition) is 1. The third-order valence-electron chi connectivity index (χ3n) is 3.19. The van der Waals surface area contributed by atoms with E-state index in [4.69, 9.17) is 0 Å². The summed E-state index contributed by atoms with van der Waals surface area (Å²) in [7, 11) is -3.20. The van der Waals surface area contributed by atoms with Crippen LogP contribution in [0.1, 0.15) is 18.9 Å². The third kappa shape index (κ3) is 2.84. The van der Waals surface area contributed by atoms with E-state index in [1.54, 1.807) is 4.31 Å². The Hall–Kier alpha value is -1.07. The highest BCUT2D eigenvalue weighted by atomic mass is 32.2. The molecule has 0 unspecified atom stereocenters. The van der Waals surface area contributed by atoms with Crippen LogP contribution in [0.15, 0.2) is 24.3 Å². The SMILES string of the molecule is CCNCCS(=O)(=O)N1CCCc2ccccc21. The largest absolute Gasteiger partial charge is 0.316 e. The Kier molecular flexibility index (Phi) is 4.24. The summed E-state index contributed by atoms with van der Waals surface area (Å²) >= 11 is 0. The normalized spacial score (nSPS) is 15.5. The lowest BCUT2D eigenvalue weighted by Gasteiger charge is -2.30. The minimum Gasteiger partial charge on any atom is -0.316 e. The molecule has 0 fully saturated rings. The molecule has 1 aromatic carbocycles. The first-order valence-corrected chi connectivity index (χ1v) is 8.05. The van der Waals surface area contributed by atoms with Crippen molar-refractivity contribution in [3.05, 3.63) is 29.8 Å². The maximum absolute atomic E-state index is 12.3. The number of rotatable bonds is 5. The minimum atomic E-state index is -3.20. The Morgan fingerprint density at radius 3 is 2.89 bits per heavy atom. The van der Waals surface area contributed by atoms with Crippen molar-refractivity contribution in [2.45, 2.75) is 19.8 Å². The van der Waals surface area contributed by atoms with Crippen LogP contribution in [0.25, 0.3) is 0 Å². The van der Waals surface area contributed by atoms with E-state index in [2.05, 4.69) is 5.32 Å². The zero-order valence-electron chi connectivity index (χ0n) is 10.7. The Morgan fingerprint density at radius 2 is 2.11 bits per heavy atom. The highest BCUT2D eigenvalue weighted by Crippen LogP contribution is 2.28. The average Bonchev–Trinajstić information content (AvgIpc) is 2.38. The first kappa shape index (κ1) is 13.4. The van der Waals surface area contributed by atoms with E-state index < -0.39 is 10.0 Å². The number of hydrogen-bond acceptors (Lipinski definition) is 3. The number of benzene rings is 1. The molecule has 1 aromatic rings. The standard InChI is InChI=1S/C13H20N2O2S/c1-2-14-9-11-18(16,17)15-10-5-7-12-6-3-4-8-13(12)15/h3-4,6,8,14H,2,5,7,9-11H2,1H3. The van der Waals surface area contributed by atoms with Crippen LogP contribution in [0.3, 0.4) is 0 Å². The maximum atomic E-state index is 12.3. The molecule has 0 radical (unpaired) electrons. The number of sulfonamides is 1. The molecule has 0 bridgehead atoms. The van der Waals surface area contributed by atoms with Gasteiger partial charge in [0.25, 0.3) is 0 Å². The van der Waals surface area contributed by atoms with Crippen molar-refractivity contribution < 1.29 is 8.42 Å². The fraction of sp³-hybridized carbons (Fsp3) is 0.538. The Labute approximate surface area is 109 Å². The van der Waals surface area contributed by atoms with Crippen molar-refractivity contribution in [3.63, 3.8) is 0 Å². The van der Waals surface area contributed by atoms with E-state index in [1.165, 1.54) is 0 Å². The van der Waals surface area contributed by atoms with E-state index in [1.807, 2.05) is 31.2 Å². The molecule has 1 N–H and O–H groups in total. The van der Waals surface area contributed by atoms with Crippen LogP contribution in [0, 0.1) is 0 Å². The van der Waals surface area contributed by atoms with Crippen molar-refractivity contribution in [1.82, 2.24) is 5.32 Å². The maximum Gasteiger partial charge on any atom is 0.236 e. The molecular formula is C13H20N2O2S. The molecular weight excluding hydrogens is 248 g/mol. The molecule has 100 valence electrons. The number of nitrogens with one attached hydrogen (secondary N) is 1. The number of anilines is 1. The van der Waals surface area contributed by atoms with Crippen LogP contribution in [0.5, 0.6) is 0 Å². The lowest BCUT2D eigenvalue weighted by molar-refractivity contribution is 0.582. The molecule has 2 rings (SSSR count). The summed E-state index contributed by atoms with van der Waals surface area (Å²) in [5, 5.41) is 3.06. The molecule has 0 atom stereocenters. The van der Waals surface area contributed by atoms with Gasteiger partial charge >= 0.3 is 0 Å². The summed E-state index contributed by atoms with van der Waals surface area (Å²) in [6, 6.07) is 7.78. The molecule has 1 aliphatic rings. The summed E-state index contributed by atoms with van der Waals surface area (Å²) in [5.74, 6) is 0.162. The van der Waals surface area contributed by atoms with Crippen molar-refractivity contribution in [3.8, 4) is 0 Å². The first-order valence-electron chi connectivity index (χ1n) is 6.44. The fourth-order valence-electron chi connectivity index (χ4n) is 2.28. The second-order valence-electron chi connectivity index (χ2n) is 4.47. The second kappa shape index (κ2) is 5.71. The van der Waals surface area contributed by atoms with Crippen LogP contribution >= 0.6 is 0 Å². The van der Waals surface area contributed by atoms with Crippen LogP contribution in [0.4, 0.5) is 5.69 Å². The van der Waals surface area contributed by atoms with Crippen LogP contribution in [-0.4, -0.2) is 33.8 Å². The molecule has 18 heavy (non-hydrogen) atoms. The molecule has 5 heteroatoms. The molecule has 0 saturated heterocycles. The van der Waals surface area contributed by atoms with Gasteiger partial charge in [-0.1, -0.05) is 25.1 Å². The predicted octanol–water partition coefficient (Wildman–Crippen LogP) is 1.38. The molecule has 4 nitrogen and oxygen atoms in total. The number of fused-ring (bicyclic) bond motifs is 1. The lowest BCUT2D eigenvalue weighted by Crippen LogP contribution is -2.39. The summed E-state index contributed by atoms with van der Waals surface area (Å²) in [4.78, 5) is 0. The predicted molar refractivity (Wildman–Crippen MR) is 74.4 cm³/mol. The van der Waals surface area contributed by atoms with Crippen molar-refractivity contribution in [1.29, 1.82) is 0 Å². The van der Waals surface area contributed by atoms with Crippen molar-refractivity contribution >= 4 is 15.7 Å². The van der Waals surface area contributed by atoms with Gasteiger partial charge in [-0.25, -0.2) is 8.42 Å². The summed E-state index contributed by atoms with van der Waals surface area (Å²) in [6.07, 6.45) is 1.87. The van der Waals surface area contributed by atoms with Crippen LogP contribution < -0.4 is 9.62 Å². The van der Waals surface area contributed by atoms with Gasteiger partial charge in [0.05, 0.1) is 11.4 Å². The van der Waals surface area contributed by atoms with Gasteiger partial charge in [-0.05, 0) is 31.0 Å². The summed E-state index contributed by atoms with van der Waals surface area (Å²) in [5.41, 5.74) is 2.00. The smallest absolute Gasteiger partial charge is 0.236 e. The summed E-state index contributed by atoms with van der Waals surface area (Å²) < 4.78 is 26.2. The number of nitrogens with zero attached hydrogens (tertiary/aromatic N) is 1. The van der Waals surface area contributed by atoms with Crippen LogP contribution in [0.2, 0.25) is 0 Å². The van der Waals surface area contributed by atoms with Gasteiger partial charge < -0.3 is 5.32 Å². The van der Waals surface area contributed by atoms with Gasteiger partial charge in [0.2, 0.25) is 10.0 Å². The average molecular weight is 268 g/mol. The van der Waals surface area contributed by atoms with E-state index in [0.717, 1.165) is 30.6 Å². The van der Waals surface area contributed by atoms with E-state index >= 15 is 0 Å². The van der Waals surface area contributed by atoms with Gasteiger partial charge in [-0.3, -0.25) is 4.31 Å². The van der Waals surface area contributed by atoms with Crippen molar-refractivity contribution in [2.24, 2.45) is 0 Å². The van der Waals surface area contributed by atoms with Gasteiger partial charge in [-0.2, -0.15) is 0 Å². The molecule has 1 aliphatic heterocycles. The molecule has 0 aliphatic carbocycles. The lowest BCUT2D eigenvalue weighted by atomic mass is 10.0. The monoisotopic (exact) mass is 268 g/mol. The molecule has 0 aromatic heterocycles. The Bertz CT molecular complexity index is 499. The highest BCUT2D eigenvalue weighted by Gasteiger charge is 2.26. The first-order chi connectivity index (χ1) is 8.65. The van der Waals surface area contributed by atoms with Gasteiger partial charge in [-0.15, -0.1) is 0 Å². The van der Waals surface area contributed by atoms with Gasteiger partial charge in [0.15, 0.2) is 0 Å². The second-order valence-corrected chi connectivity index (χ2v) is 6.49. The zero-order chi connectivity index (χ0) is 13.0. The van der Waals surface area contributed by atoms with Gasteiger partial charge in [0.1, 0.15) is 0 Å². The topological polar surface area (TPSA) is 49.4 Å². The van der Waals surface area contributed by atoms with E-state index in [0.29, 0.717) is 13.1 Å². The van der Waals surface area contributed by atoms with E-state index in [9.17, 15) is 8.42 Å². The molecule has 0 amide bonds. The quantitative estimate of drug-likeness (QED) is 0.821. The molecule has 1 heterocycles. The number of aryl methyl sites for hydroxylation is 1. The van der Waals surface area contributed by atoms with Crippen molar-refractivity contribution in [2.75, 3.05) is 29.7 Å². The molecule has 0 spiro atoms. The summed E-state index contributed by atoms with van der Waals surface area (Å²) in [6.45, 7) is 3.89. The number of para-hydroxylation sites is 1. The highest BCUT2D eigenvalue weighted by molar-refractivity contribution is 7.92.